The number of fused-ring (bicyclic) bond motifs is 2. The Kier molecular flexibility index (Phi) is 5.64. The smallest absolute Gasteiger partial charge is 0.326 e. The number of amides is 2. The molecule has 4 aromatic rings. The van der Waals surface area contributed by atoms with E-state index in [1.165, 1.54) is 0 Å². The molecule has 0 aliphatic carbocycles. The molecule has 36 heavy (non-hydrogen) atoms. The Morgan fingerprint density at radius 2 is 1.75 bits per heavy atom. The zero-order valence-corrected chi connectivity index (χ0v) is 20.3. The number of imidazole rings is 1. The van der Waals surface area contributed by atoms with Crippen LogP contribution in [0.2, 0.25) is 5.02 Å². The molecule has 1 saturated heterocycles. The third kappa shape index (κ3) is 3.99. The van der Waals surface area contributed by atoms with Gasteiger partial charge in [0.1, 0.15) is 5.69 Å². The average Bonchev–Trinajstić information content (AvgIpc) is 3.48. The largest absolute Gasteiger partial charge is 0.337 e. The van der Waals surface area contributed by atoms with Crippen LogP contribution < -0.4 is 5.69 Å². The van der Waals surface area contributed by atoms with Crippen LogP contribution >= 0.6 is 11.6 Å². The zero-order valence-electron chi connectivity index (χ0n) is 19.6. The van der Waals surface area contributed by atoms with Crippen LogP contribution in [0.5, 0.6) is 0 Å². The Labute approximate surface area is 211 Å². The van der Waals surface area contributed by atoms with Gasteiger partial charge in [0.2, 0.25) is 0 Å². The predicted octanol–water partition coefficient (Wildman–Crippen LogP) is 3.31. The standard InChI is InChI=1S/C26H25ClN6O3/c27-18-7-5-17(6-8-18)16-31-13-14-32-23(25(31)35)15-21(29-32)24(34)30-11-9-19(10-12-30)33-22-4-2-1-3-20(22)28-26(33)36/h1-8,15,19H,9-14,16H2,(H,28,36). The maximum absolute atomic E-state index is 13.2. The van der Waals surface area contributed by atoms with E-state index in [4.69, 9.17) is 11.6 Å². The van der Waals surface area contributed by atoms with Crippen molar-refractivity contribution in [2.45, 2.75) is 32.0 Å². The summed E-state index contributed by atoms with van der Waals surface area (Å²) in [6.07, 6.45) is 1.35. The van der Waals surface area contributed by atoms with Gasteiger partial charge >= 0.3 is 5.69 Å². The molecule has 6 rings (SSSR count). The minimum Gasteiger partial charge on any atom is -0.337 e. The molecule has 0 radical (unpaired) electrons. The van der Waals surface area contributed by atoms with E-state index in [0.29, 0.717) is 56.3 Å². The summed E-state index contributed by atoms with van der Waals surface area (Å²) in [4.78, 5) is 45.3. The van der Waals surface area contributed by atoms with Gasteiger partial charge in [0, 0.05) is 43.3 Å². The average molecular weight is 505 g/mol. The van der Waals surface area contributed by atoms with Crippen LogP contribution in [-0.4, -0.2) is 60.6 Å². The number of nitrogens with one attached hydrogen (secondary N) is 1. The van der Waals surface area contributed by atoms with E-state index in [1.807, 2.05) is 48.5 Å². The van der Waals surface area contributed by atoms with E-state index in [0.717, 1.165) is 16.6 Å². The van der Waals surface area contributed by atoms with Crippen molar-refractivity contribution >= 4 is 34.4 Å². The number of H-pyrrole nitrogens is 1. The molecular weight excluding hydrogens is 480 g/mol. The summed E-state index contributed by atoms with van der Waals surface area (Å²) < 4.78 is 3.44. The fourth-order valence-electron chi connectivity index (χ4n) is 5.23. The van der Waals surface area contributed by atoms with Gasteiger partial charge in [-0.25, -0.2) is 4.79 Å². The highest BCUT2D eigenvalue weighted by Gasteiger charge is 2.31. The minimum absolute atomic E-state index is 0.0240. The van der Waals surface area contributed by atoms with E-state index < -0.39 is 0 Å². The first-order valence-corrected chi connectivity index (χ1v) is 12.5. The van der Waals surface area contributed by atoms with Gasteiger partial charge in [-0.05, 0) is 42.7 Å². The van der Waals surface area contributed by atoms with Crippen LogP contribution in [0.15, 0.2) is 59.4 Å². The van der Waals surface area contributed by atoms with Gasteiger partial charge in [0.15, 0.2) is 5.69 Å². The van der Waals surface area contributed by atoms with Gasteiger partial charge < -0.3 is 14.8 Å². The number of benzene rings is 2. The number of likely N-dealkylation sites (tertiary alicyclic amines) is 1. The first-order valence-electron chi connectivity index (χ1n) is 12.1. The number of halogens is 1. The molecule has 10 heteroatoms. The number of para-hydroxylation sites is 2. The number of carbonyl (C=O) groups excluding carboxylic acids is 2. The van der Waals surface area contributed by atoms with Crippen molar-refractivity contribution in [3.05, 3.63) is 87.1 Å². The molecule has 0 atom stereocenters. The van der Waals surface area contributed by atoms with E-state index in [-0.39, 0.29) is 29.2 Å². The molecule has 0 saturated carbocycles. The molecule has 2 aliphatic rings. The fourth-order valence-corrected chi connectivity index (χ4v) is 5.36. The van der Waals surface area contributed by atoms with Gasteiger partial charge in [-0.1, -0.05) is 35.9 Å². The van der Waals surface area contributed by atoms with Crippen LogP contribution in [0.25, 0.3) is 11.0 Å². The lowest BCUT2D eigenvalue weighted by Gasteiger charge is -2.32. The topological polar surface area (TPSA) is 96.2 Å². The molecule has 0 bridgehead atoms. The first kappa shape index (κ1) is 22.6. The van der Waals surface area contributed by atoms with Crippen molar-refractivity contribution < 1.29 is 9.59 Å². The Morgan fingerprint density at radius 3 is 2.53 bits per heavy atom. The molecular formula is C26H25ClN6O3. The summed E-state index contributed by atoms with van der Waals surface area (Å²) in [6, 6.07) is 16.7. The number of hydrogen-bond donors (Lipinski definition) is 1. The Bertz CT molecular complexity index is 1510. The van der Waals surface area contributed by atoms with Gasteiger partial charge in [-0.2, -0.15) is 5.10 Å². The van der Waals surface area contributed by atoms with Crippen LogP contribution in [0, 0.1) is 0 Å². The third-order valence-corrected chi connectivity index (χ3v) is 7.37. The molecule has 4 heterocycles. The lowest BCUT2D eigenvalue weighted by Crippen LogP contribution is -2.40. The number of rotatable bonds is 4. The monoisotopic (exact) mass is 504 g/mol. The fraction of sp³-hybridized carbons (Fsp3) is 0.308. The SMILES string of the molecule is O=C(c1cc2n(n1)CCN(Cc1ccc(Cl)cc1)C2=O)N1CCC(n2c(=O)[nH]c3ccccc32)CC1. The second-order valence-corrected chi connectivity index (χ2v) is 9.77. The van der Waals surface area contributed by atoms with Crippen LogP contribution in [0.3, 0.4) is 0 Å². The molecule has 2 amide bonds. The summed E-state index contributed by atoms with van der Waals surface area (Å²) >= 11 is 5.97. The predicted molar refractivity (Wildman–Crippen MR) is 135 cm³/mol. The van der Waals surface area contributed by atoms with Crippen LogP contribution in [0.4, 0.5) is 0 Å². The molecule has 1 N–H and O–H groups in total. The minimum atomic E-state index is -0.182. The summed E-state index contributed by atoms with van der Waals surface area (Å²) in [5, 5.41) is 5.11. The molecule has 2 aromatic carbocycles. The van der Waals surface area contributed by atoms with Crippen molar-refractivity contribution in [2.24, 2.45) is 0 Å². The second-order valence-electron chi connectivity index (χ2n) is 9.33. The van der Waals surface area contributed by atoms with E-state index in [2.05, 4.69) is 10.1 Å². The Hall–Kier alpha value is -3.85. The number of aromatic amines is 1. The van der Waals surface area contributed by atoms with E-state index in [9.17, 15) is 14.4 Å². The maximum atomic E-state index is 13.2. The van der Waals surface area contributed by atoms with Crippen molar-refractivity contribution in [3.8, 4) is 0 Å². The van der Waals surface area contributed by atoms with Crippen LogP contribution in [0.1, 0.15) is 45.4 Å². The number of aromatic nitrogens is 4. The highest BCUT2D eigenvalue weighted by atomic mass is 35.5. The van der Waals surface area contributed by atoms with Crippen LogP contribution in [-0.2, 0) is 13.1 Å². The first-order chi connectivity index (χ1) is 17.5. The highest BCUT2D eigenvalue weighted by molar-refractivity contribution is 6.30. The number of carbonyl (C=O) groups is 2. The zero-order chi connectivity index (χ0) is 24.8. The summed E-state index contributed by atoms with van der Waals surface area (Å²) in [7, 11) is 0. The summed E-state index contributed by atoms with van der Waals surface area (Å²) in [5.41, 5.74) is 3.29. The molecule has 9 nitrogen and oxygen atoms in total. The highest BCUT2D eigenvalue weighted by Crippen LogP contribution is 2.26. The van der Waals surface area contributed by atoms with Crippen molar-refractivity contribution in [3.63, 3.8) is 0 Å². The molecule has 2 aromatic heterocycles. The second kappa shape index (κ2) is 8.98. The number of piperidine rings is 1. The summed E-state index contributed by atoms with van der Waals surface area (Å²) in [5.74, 6) is -0.321. The molecule has 184 valence electrons. The lowest BCUT2D eigenvalue weighted by atomic mass is 10.0. The van der Waals surface area contributed by atoms with Gasteiger partial charge in [-0.3, -0.25) is 18.8 Å². The molecule has 2 aliphatic heterocycles. The Balaban J connectivity index is 1.14. The van der Waals surface area contributed by atoms with Gasteiger partial charge in [0.25, 0.3) is 11.8 Å². The third-order valence-electron chi connectivity index (χ3n) is 7.11. The van der Waals surface area contributed by atoms with Crippen molar-refractivity contribution in [1.29, 1.82) is 0 Å². The number of nitrogens with zero attached hydrogens (tertiary/aromatic N) is 5. The molecule has 1 fully saturated rings. The molecule has 0 spiro atoms. The van der Waals surface area contributed by atoms with E-state index >= 15 is 0 Å². The van der Waals surface area contributed by atoms with Gasteiger partial charge in [-0.15, -0.1) is 0 Å². The quantitative estimate of drug-likeness (QED) is 0.461. The maximum Gasteiger partial charge on any atom is 0.326 e. The number of hydrogen-bond acceptors (Lipinski definition) is 4. The lowest BCUT2D eigenvalue weighted by molar-refractivity contribution is 0.0672. The van der Waals surface area contributed by atoms with E-state index in [1.54, 1.807) is 25.1 Å². The van der Waals surface area contributed by atoms with Gasteiger partial charge in [0.05, 0.1) is 17.6 Å². The van der Waals surface area contributed by atoms with Crippen molar-refractivity contribution in [1.82, 2.24) is 29.1 Å². The van der Waals surface area contributed by atoms with Crippen molar-refractivity contribution in [2.75, 3.05) is 19.6 Å². The summed E-state index contributed by atoms with van der Waals surface area (Å²) in [6.45, 7) is 2.58. The molecule has 0 unspecified atom stereocenters. The Morgan fingerprint density at radius 1 is 1.00 bits per heavy atom. The normalized spacial score (nSPS) is 16.5.